The Balaban J connectivity index is 2.19. The highest BCUT2D eigenvalue weighted by Crippen LogP contribution is 2.35. The van der Waals surface area contributed by atoms with Gasteiger partial charge in [0, 0.05) is 12.1 Å². The first kappa shape index (κ1) is 15.7. The summed E-state index contributed by atoms with van der Waals surface area (Å²) >= 11 is 5.91. The molecule has 2 N–H and O–H groups in total. The molecule has 2 nitrogen and oxygen atoms in total. The monoisotopic (exact) mass is 298 g/mol. The molecule has 0 aromatic heterocycles. The molecule has 0 spiro atoms. The van der Waals surface area contributed by atoms with Crippen LogP contribution in [0.1, 0.15) is 44.7 Å². The molecule has 2 rings (SSSR count). The van der Waals surface area contributed by atoms with Gasteiger partial charge in [-0.25, -0.2) is 4.39 Å². The summed E-state index contributed by atoms with van der Waals surface area (Å²) in [6.45, 7) is 6.06. The number of rotatable bonds is 5. The van der Waals surface area contributed by atoms with Crippen molar-refractivity contribution in [3.63, 3.8) is 0 Å². The summed E-state index contributed by atoms with van der Waals surface area (Å²) in [5.74, 6) is 0.222. The minimum Gasteiger partial charge on any atom is -0.330 e. The molecule has 0 amide bonds. The highest BCUT2D eigenvalue weighted by atomic mass is 35.5. The Morgan fingerprint density at radius 1 is 1.45 bits per heavy atom. The van der Waals surface area contributed by atoms with Crippen molar-refractivity contribution in [1.29, 1.82) is 0 Å². The molecule has 0 heterocycles. The van der Waals surface area contributed by atoms with E-state index in [1.807, 2.05) is 6.07 Å². The second-order valence-electron chi connectivity index (χ2n) is 5.67. The van der Waals surface area contributed by atoms with E-state index in [-0.39, 0.29) is 16.9 Å². The molecule has 0 aliphatic heterocycles. The molecule has 112 valence electrons. The van der Waals surface area contributed by atoms with Gasteiger partial charge >= 0.3 is 0 Å². The Bertz CT molecular complexity index is 452. The Labute approximate surface area is 126 Å². The van der Waals surface area contributed by atoms with E-state index in [4.69, 9.17) is 17.3 Å². The Hall–Kier alpha value is -0.640. The standard InChI is InChI=1S/C16H24ClFN2/c1-3-20(16-6-4-5-13(16)10-19)11(2)12-7-8-15(18)14(17)9-12/h7-9,11,13,16H,3-6,10,19H2,1-2H3. The van der Waals surface area contributed by atoms with Crippen molar-refractivity contribution >= 4 is 11.6 Å². The number of halogens is 2. The van der Waals surface area contributed by atoms with Crippen LogP contribution in [0, 0.1) is 11.7 Å². The third-order valence-corrected chi connectivity index (χ3v) is 4.93. The van der Waals surface area contributed by atoms with Gasteiger partial charge in [-0.3, -0.25) is 4.90 Å². The van der Waals surface area contributed by atoms with Crippen LogP contribution in [0.5, 0.6) is 0 Å². The van der Waals surface area contributed by atoms with Crippen molar-refractivity contribution in [3.8, 4) is 0 Å². The quantitative estimate of drug-likeness (QED) is 0.890. The lowest BCUT2D eigenvalue weighted by atomic mass is 9.98. The molecule has 1 fully saturated rings. The molecule has 1 aliphatic rings. The lowest BCUT2D eigenvalue weighted by molar-refractivity contribution is 0.123. The minimum atomic E-state index is -0.355. The average Bonchev–Trinajstić information content (AvgIpc) is 2.91. The maximum Gasteiger partial charge on any atom is 0.141 e. The largest absolute Gasteiger partial charge is 0.330 e. The number of benzene rings is 1. The van der Waals surface area contributed by atoms with Crippen LogP contribution in [0.15, 0.2) is 18.2 Å². The van der Waals surface area contributed by atoms with Crippen molar-refractivity contribution < 1.29 is 4.39 Å². The second-order valence-corrected chi connectivity index (χ2v) is 6.08. The zero-order chi connectivity index (χ0) is 14.7. The zero-order valence-corrected chi connectivity index (χ0v) is 13.0. The number of hydrogen-bond donors (Lipinski definition) is 1. The second kappa shape index (κ2) is 6.88. The normalized spacial score (nSPS) is 24.3. The summed E-state index contributed by atoms with van der Waals surface area (Å²) in [5.41, 5.74) is 6.97. The minimum absolute atomic E-state index is 0.201. The van der Waals surface area contributed by atoms with Gasteiger partial charge in [-0.2, -0.15) is 0 Å². The summed E-state index contributed by atoms with van der Waals surface area (Å²) < 4.78 is 13.3. The fourth-order valence-electron chi connectivity index (χ4n) is 3.49. The fraction of sp³-hybridized carbons (Fsp3) is 0.625. The highest BCUT2D eigenvalue weighted by Gasteiger charge is 2.33. The maximum atomic E-state index is 13.3. The molecule has 3 atom stereocenters. The van der Waals surface area contributed by atoms with Gasteiger partial charge in [0.1, 0.15) is 5.82 Å². The SMILES string of the molecule is CCN(C(C)c1ccc(F)c(Cl)c1)C1CCCC1CN. The summed E-state index contributed by atoms with van der Waals surface area (Å²) in [6.07, 6.45) is 3.67. The molecular weight excluding hydrogens is 275 g/mol. The van der Waals surface area contributed by atoms with Crippen LogP contribution in [0.4, 0.5) is 4.39 Å². The first-order valence-electron chi connectivity index (χ1n) is 7.49. The van der Waals surface area contributed by atoms with Crippen molar-refractivity contribution in [2.24, 2.45) is 11.7 Å². The van der Waals surface area contributed by atoms with Gasteiger partial charge in [0.25, 0.3) is 0 Å². The molecule has 1 saturated carbocycles. The van der Waals surface area contributed by atoms with E-state index in [1.54, 1.807) is 6.07 Å². The summed E-state index contributed by atoms with van der Waals surface area (Å²) in [6, 6.07) is 5.80. The van der Waals surface area contributed by atoms with Crippen LogP contribution < -0.4 is 5.73 Å². The summed E-state index contributed by atoms with van der Waals surface area (Å²) in [4.78, 5) is 2.48. The lowest BCUT2D eigenvalue weighted by Gasteiger charge is -2.37. The molecule has 1 aromatic carbocycles. The smallest absolute Gasteiger partial charge is 0.141 e. The van der Waals surface area contributed by atoms with E-state index >= 15 is 0 Å². The third kappa shape index (κ3) is 3.16. The number of hydrogen-bond acceptors (Lipinski definition) is 2. The molecule has 4 heteroatoms. The van der Waals surface area contributed by atoms with Crippen molar-refractivity contribution in [1.82, 2.24) is 4.90 Å². The molecule has 20 heavy (non-hydrogen) atoms. The van der Waals surface area contributed by atoms with E-state index in [0.717, 1.165) is 18.7 Å². The third-order valence-electron chi connectivity index (χ3n) is 4.64. The molecule has 0 bridgehead atoms. The first-order chi connectivity index (χ1) is 9.58. The van der Waals surface area contributed by atoms with E-state index in [9.17, 15) is 4.39 Å². The van der Waals surface area contributed by atoms with Crippen molar-refractivity contribution in [2.75, 3.05) is 13.1 Å². The first-order valence-corrected chi connectivity index (χ1v) is 7.87. The molecule has 1 aliphatic carbocycles. The number of nitrogens with zero attached hydrogens (tertiary/aromatic N) is 1. The van der Waals surface area contributed by atoms with Crippen LogP contribution in [-0.2, 0) is 0 Å². The zero-order valence-electron chi connectivity index (χ0n) is 12.3. The molecule has 1 aromatic rings. The van der Waals surface area contributed by atoms with Gasteiger partial charge in [0.05, 0.1) is 5.02 Å². The van der Waals surface area contributed by atoms with Gasteiger partial charge in [-0.05, 0) is 56.5 Å². The van der Waals surface area contributed by atoms with E-state index in [1.165, 1.54) is 25.3 Å². The predicted molar refractivity (Wildman–Crippen MR) is 82.4 cm³/mol. The molecular formula is C16H24ClFN2. The van der Waals surface area contributed by atoms with Gasteiger partial charge < -0.3 is 5.73 Å². The van der Waals surface area contributed by atoms with Gasteiger partial charge in [0.2, 0.25) is 0 Å². The van der Waals surface area contributed by atoms with Gasteiger partial charge in [-0.1, -0.05) is 31.0 Å². The van der Waals surface area contributed by atoms with Crippen LogP contribution in [-0.4, -0.2) is 24.0 Å². The summed E-state index contributed by atoms with van der Waals surface area (Å²) in [7, 11) is 0. The Morgan fingerprint density at radius 3 is 2.80 bits per heavy atom. The molecule has 3 unspecified atom stereocenters. The average molecular weight is 299 g/mol. The van der Waals surface area contributed by atoms with Crippen molar-refractivity contribution in [2.45, 2.75) is 45.2 Å². The van der Waals surface area contributed by atoms with Gasteiger partial charge in [0.15, 0.2) is 0 Å². The van der Waals surface area contributed by atoms with Gasteiger partial charge in [-0.15, -0.1) is 0 Å². The Morgan fingerprint density at radius 2 is 2.20 bits per heavy atom. The lowest BCUT2D eigenvalue weighted by Crippen LogP contribution is -2.41. The van der Waals surface area contributed by atoms with Crippen LogP contribution in [0.25, 0.3) is 0 Å². The Kier molecular flexibility index (Phi) is 5.42. The van der Waals surface area contributed by atoms with Crippen molar-refractivity contribution in [3.05, 3.63) is 34.6 Å². The maximum absolute atomic E-state index is 13.3. The number of nitrogens with two attached hydrogens (primary N) is 1. The van der Waals surface area contributed by atoms with Crippen LogP contribution in [0.2, 0.25) is 5.02 Å². The fourth-order valence-corrected chi connectivity index (χ4v) is 3.68. The van der Waals surface area contributed by atoms with Crippen LogP contribution >= 0.6 is 11.6 Å². The van der Waals surface area contributed by atoms with E-state index in [0.29, 0.717) is 12.0 Å². The molecule has 0 saturated heterocycles. The van der Waals surface area contributed by atoms with E-state index in [2.05, 4.69) is 18.7 Å². The topological polar surface area (TPSA) is 29.3 Å². The predicted octanol–water partition coefficient (Wildman–Crippen LogP) is 3.99. The molecule has 0 radical (unpaired) electrons. The summed E-state index contributed by atoms with van der Waals surface area (Å²) in [5, 5.41) is 0.201. The van der Waals surface area contributed by atoms with Crippen LogP contribution in [0.3, 0.4) is 0 Å². The highest BCUT2D eigenvalue weighted by molar-refractivity contribution is 6.30. The van der Waals surface area contributed by atoms with E-state index < -0.39 is 0 Å².